The van der Waals surface area contributed by atoms with E-state index in [4.69, 9.17) is 4.74 Å². The number of nitrogens with one attached hydrogen (secondary N) is 4. The first-order chi connectivity index (χ1) is 19.1. The van der Waals surface area contributed by atoms with Gasteiger partial charge in [0, 0.05) is 18.9 Å². The second-order valence-corrected chi connectivity index (χ2v) is 10.1. The zero-order valence-electron chi connectivity index (χ0n) is 22.6. The number of carbonyl (C=O) groups is 5. The van der Waals surface area contributed by atoms with E-state index in [2.05, 4.69) is 21.3 Å². The predicted molar refractivity (Wildman–Crippen MR) is 146 cm³/mol. The monoisotopic (exact) mass is 552 g/mol. The highest BCUT2D eigenvalue weighted by atomic mass is 16.5. The van der Waals surface area contributed by atoms with Crippen LogP contribution in [-0.2, 0) is 36.9 Å². The van der Waals surface area contributed by atoms with Crippen LogP contribution in [0.3, 0.4) is 0 Å². The van der Waals surface area contributed by atoms with Crippen molar-refractivity contribution in [3.8, 4) is 0 Å². The summed E-state index contributed by atoms with van der Waals surface area (Å²) in [7, 11) is 0. The van der Waals surface area contributed by atoms with E-state index in [9.17, 15) is 29.1 Å². The molecule has 1 aliphatic rings. The Kier molecular flexibility index (Phi) is 11.0. The molecule has 5 N–H and O–H groups in total. The molecule has 214 valence electrons. The summed E-state index contributed by atoms with van der Waals surface area (Å²) >= 11 is 0. The van der Waals surface area contributed by atoms with Gasteiger partial charge in [-0.05, 0) is 29.9 Å². The predicted octanol–water partition coefficient (Wildman–Crippen LogP) is 1.76. The molecule has 0 bridgehead atoms. The van der Waals surface area contributed by atoms with Crippen molar-refractivity contribution in [1.82, 2.24) is 21.3 Å². The lowest BCUT2D eigenvalue weighted by Crippen LogP contribution is -2.57. The van der Waals surface area contributed by atoms with E-state index >= 15 is 0 Å². The third-order valence-corrected chi connectivity index (χ3v) is 6.65. The van der Waals surface area contributed by atoms with Crippen molar-refractivity contribution in [3.05, 3.63) is 71.8 Å². The number of aliphatic carboxylic acids is 1. The van der Waals surface area contributed by atoms with Crippen LogP contribution in [0.25, 0.3) is 0 Å². The van der Waals surface area contributed by atoms with Gasteiger partial charge in [-0.15, -0.1) is 0 Å². The van der Waals surface area contributed by atoms with Crippen molar-refractivity contribution in [3.63, 3.8) is 0 Å². The number of carboxylic acids is 1. The third kappa shape index (κ3) is 9.11. The Morgan fingerprint density at radius 1 is 0.900 bits per heavy atom. The number of carboxylic acid groups (broad SMARTS) is 1. The normalized spacial score (nSPS) is 16.8. The minimum Gasteiger partial charge on any atom is -0.480 e. The van der Waals surface area contributed by atoms with Crippen molar-refractivity contribution >= 4 is 29.8 Å². The highest BCUT2D eigenvalue weighted by molar-refractivity contribution is 5.93. The van der Waals surface area contributed by atoms with Crippen LogP contribution < -0.4 is 21.3 Å². The molecular weight excluding hydrogens is 516 g/mol. The van der Waals surface area contributed by atoms with E-state index in [0.717, 1.165) is 11.1 Å². The molecule has 0 spiro atoms. The first-order valence-electron chi connectivity index (χ1n) is 13.3. The first-order valence-corrected chi connectivity index (χ1v) is 13.3. The van der Waals surface area contributed by atoms with Crippen LogP contribution in [0.2, 0.25) is 0 Å². The summed E-state index contributed by atoms with van der Waals surface area (Å²) in [5.74, 6) is -3.74. The average Bonchev–Trinajstić information content (AvgIpc) is 3.34. The van der Waals surface area contributed by atoms with Crippen LogP contribution in [0.5, 0.6) is 0 Å². The maximum absolute atomic E-state index is 13.3. The Bertz CT molecular complexity index is 1170. The molecule has 0 radical (unpaired) electrons. The number of alkyl carbamates (subject to hydrolysis) is 1. The fraction of sp³-hybridized carbons (Fsp3) is 0.414. The van der Waals surface area contributed by atoms with Crippen LogP contribution >= 0.6 is 0 Å². The van der Waals surface area contributed by atoms with Gasteiger partial charge in [0.05, 0.1) is 0 Å². The van der Waals surface area contributed by atoms with Gasteiger partial charge in [-0.25, -0.2) is 9.59 Å². The molecule has 1 aliphatic heterocycles. The van der Waals surface area contributed by atoms with Gasteiger partial charge in [-0.1, -0.05) is 74.5 Å². The second-order valence-electron chi connectivity index (χ2n) is 10.1. The quantitative estimate of drug-likeness (QED) is 0.253. The van der Waals surface area contributed by atoms with Gasteiger partial charge < -0.3 is 31.1 Å². The van der Waals surface area contributed by atoms with E-state index in [1.54, 1.807) is 50.2 Å². The van der Waals surface area contributed by atoms with E-state index in [-0.39, 0.29) is 31.3 Å². The van der Waals surface area contributed by atoms with Crippen molar-refractivity contribution in [1.29, 1.82) is 0 Å². The van der Waals surface area contributed by atoms with Crippen molar-refractivity contribution in [2.45, 2.75) is 57.8 Å². The molecule has 3 rings (SSSR count). The van der Waals surface area contributed by atoms with Gasteiger partial charge in [0.2, 0.25) is 17.7 Å². The maximum Gasteiger partial charge on any atom is 0.408 e. The third-order valence-electron chi connectivity index (χ3n) is 6.65. The SMILES string of the molecule is CC(C)[C@H](NC(=O)OCc1ccccc1)C(=O)N[C@@H](Cc1ccccc1)C(=O)N[C@@H](C[C@@H]1CCNC1=O)C(=O)O. The summed E-state index contributed by atoms with van der Waals surface area (Å²) in [6.07, 6.45) is -0.298. The standard InChI is InChI=1S/C29H36N4O7/c1-18(2)24(33-29(39)40-17-20-11-7-4-8-12-20)27(36)31-22(15-19-9-5-3-6-10-19)26(35)32-23(28(37)38)16-21-13-14-30-25(21)34/h3-12,18,21-24H,13-17H2,1-2H3,(H,30,34)(H,31,36)(H,32,35)(H,33,39)(H,37,38)/t21-,22-,23-,24-/m0/s1. The summed E-state index contributed by atoms with van der Waals surface area (Å²) < 4.78 is 5.25. The van der Waals surface area contributed by atoms with Crippen molar-refractivity contribution in [2.24, 2.45) is 11.8 Å². The molecule has 4 amide bonds. The van der Waals surface area contributed by atoms with Crippen LogP contribution in [-0.4, -0.2) is 59.6 Å². The summed E-state index contributed by atoms with van der Waals surface area (Å²) in [6.45, 7) is 3.95. The summed E-state index contributed by atoms with van der Waals surface area (Å²) in [5.41, 5.74) is 1.52. The molecule has 1 saturated heterocycles. The van der Waals surface area contributed by atoms with Gasteiger partial charge in [0.15, 0.2) is 0 Å². The molecular formula is C29H36N4O7. The Hall–Kier alpha value is -4.41. The molecule has 1 heterocycles. The smallest absolute Gasteiger partial charge is 0.408 e. The van der Waals surface area contributed by atoms with Gasteiger partial charge >= 0.3 is 12.1 Å². The lowest BCUT2D eigenvalue weighted by Gasteiger charge is -2.26. The Labute approximate surface area is 233 Å². The number of benzene rings is 2. The number of ether oxygens (including phenoxy) is 1. The van der Waals surface area contributed by atoms with Crippen LogP contribution in [0.4, 0.5) is 4.79 Å². The molecule has 11 nitrogen and oxygen atoms in total. The van der Waals surface area contributed by atoms with Crippen molar-refractivity contribution in [2.75, 3.05) is 6.54 Å². The summed E-state index contributed by atoms with van der Waals surface area (Å²) in [6, 6.07) is 14.5. The highest BCUT2D eigenvalue weighted by Gasteiger charge is 2.34. The fourth-order valence-electron chi connectivity index (χ4n) is 4.40. The first kappa shape index (κ1) is 30.1. The van der Waals surface area contributed by atoms with E-state index < -0.39 is 47.9 Å². The van der Waals surface area contributed by atoms with Gasteiger partial charge in [-0.3, -0.25) is 14.4 Å². The molecule has 0 unspecified atom stereocenters. The minimum absolute atomic E-state index is 0.0216. The van der Waals surface area contributed by atoms with Crippen LogP contribution in [0.15, 0.2) is 60.7 Å². The molecule has 0 aliphatic carbocycles. The number of carbonyl (C=O) groups excluding carboxylic acids is 4. The molecule has 0 aromatic heterocycles. The number of amides is 4. The lowest BCUT2D eigenvalue weighted by atomic mass is 9.97. The Morgan fingerprint density at radius 2 is 1.50 bits per heavy atom. The number of hydrogen-bond donors (Lipinski definition) is 5. The van der Waals surface area contributed by atoms with E-state index in [0.29, 0.717) is 13.0 Å². The molecule has 2 aromatic carbocycles. The molecule has 2 aromatic rings. The maximum atomic E-state index is 13.3. The Balaban J connectivity index is 1.70. The van der Waals surface area contributed by atoms with Crippen molar-refractivity contribution < 1.29 is 33.8 Å². The molecule has 40 heavy (non-hydrogen) atoms. The molecule has 11 heteroatoms. The van der Waals surface area contributed by atoms with Crippen LogP contribution in [0, 0.1) is 11.8 Å². The summed E-state index contributed by atoms with van der Waals surface area (Å²) in [5, 5.41) is 20.1. The molecule has 0 saturated carbocycles. The van der Waals surface area contributed by atoms with Gasteiger partial charge in [0.25, 0.3) is 0 Å². The van der Waals surface area contributed by atoms with Gasteiger partial charge in [0.1, 0.15) is 24.7 Å². The highest BCUT2D eigenvalue weighted by Crippen LogP contribution is 2.17. The zero-order chi connectivity index (χ0) is 29.1. The molecule has 4 atom stereocenters. The zero-order valence-corrected chi connectivity index (χ0v) is 22.6. The van der Waals surface area contributed by atoms with Gasteiger partial charge in [-0.2, -0.15) is 0 Å². The Morgan fingerprint density at radius 3 is 2.05 bits per heavy atom. The lowest BCUT2D eigenvalue weighted by molar-refractivity contribution is -0.143. The second kappa shape index (κ2) is 14.7. The topological polar surface area (TPSA) is 163 Å². The fourth-order valence-corrected chi connectivity index (χ4v) is 4.40. The number of rotatable bonds is 13. The average molecular weight is 553 g/mol. The van der Waals surface area contributed by atoms with E-state index in [1.807, 2.05) is 24.3 Å². The minimum atomic E-state index is -1.32. The van der Waals surface area contributed by atoms with Crippen LogP contribution in [0.1, 0.15) is 37.8 Å². The largest absolute Gasteiger partial charge is 0.480 e. The molecule has 1 fully saturated rings. The summed E-state index contributed by atoms with van der Waals surface area (Å²) in [4.78, 5) is 63.0. The number of hydrogen-bond acceptors (Lipinski definition) is 6. The van der Waals surface area contributed by atoms with E-state index in [1.165, 1.54) is 0 Å².